The monoisotopic (exact) mass is 428 g/mol. The normalized spacial score (nSPS) is 11.6. The summed E-state index contributed by atoms with van der Waals surface area (Å²) in [5.41, 5.74) is 1.76. The zero-order valence-corrected chi connectivity index (χ0v) is 16.2. The van der Waals surface area contributed by atoms with E-state index in [4.69, 9.17) is 0 Å². The van der Waals surface area contributed by atoms with E-state index in [0.29, 0.717) is 5.03 Å². The Hall–Kier alpha value is -3.33. The zero-order chi connectivity index (χ0) is 21.1. The average Bonchev–Trinajstić information content (AvgIpc) is 3.17. The van der Waals surface area contributed by atoms with Gasteiger partial charge in [-0.25, -0.2) is 9.50 Å². The lowest BCUT2D eigenvalue weighted by molar-refractivity contribution is -0.137. The molecule has 0 saturated heterocycles. The Morgan fingerprint density at radius 2 is 1.87 bits per heavy atom. The summed E-state index contributed by atoms with van der Waals surface area (Å²) >= 11 is 1.19. The smallest absolute Gasteiger partial charge is 0.325 e. The number of carbonyl (C=O) groups is 1. The highest BCUT2D eigenvalue weighted by Gasteiger charge is 2.30. The number of nitrogens with zero attached hydrogens (tertiary/aromatic N) is 3. The number of hydrogen-bond acceptors (Lipinski definition) is 4. The van der Waals surface area contributed by atoms with E-state index < -0.39 is 17.6 Å². The fraction of sp³-hybridized carbons (Fsp3) is 0.0952. The van der Waals surface area contributed by atoms with Gasteiger partial charge in [0.2, 0.25) is 5.91 Å². The van der Waals surface area contributed by atoms with Crippen LogP contribution in [0.2, 0.25) is 0 Å². The molecule has 2 aromatic heterocycles. The van der Waals surface area contributed by atoms with E-state index in [9.17, 15) is 18.0 Å². The molecule has 30 heavy (non-hydrogen) atoms. The van der Waals surface area contributed by atoms with E-state index in [0.717, 1.165) is 28.9 Å². The van der Waals surface area contributed by atoms with E-state index >= 15 is 0 Å². The van der Waals surface area contributed by atoms with Gasteiger partial charge in [0.1, 0.15) is 5.03 Å². The minimum absolute atomic E-state index is 0.00519. The summed E-state index contributed by atoms with van der Waals surface area (Å²) in [6, 6.07) is 16.1. The number of rotatable bonds is 5. The summed E-state index contributed by atoms with van der Waals surface area (Å²) in [6.45, 7) is 0. The SMILES string of the molecule is O=C(CSc1nccn2nc(-c3ccccc3)cc12)Nc1cccc(C(F)(F)F)c1. The number of hydrogen-bond donors (Lipinski definition) is 1. The molecule has 1 N–H and O–H groups in total. The van der Waals surface area contributed by atoms with Gasteiger partial charge in [0.05, 0.1) is 22.5 Å². The number of fused-ring (bicyclic) bond motifs is 1. The van der Waals surface area contributed by atoms with Crippen molar-refractivity contribution in [1.29, 1.82) is 0 Å². The standard InChI is InChI=1S/C21H15F3N4OS/c22-21(23,24)15-7-4-8-16(11-15)26-19(29)13-30-20-18-12-17(14-5-2-1-3-6-14)27-28(18)10-9-25-20/h1-12H,13H2,(H,26,29). The fourth-order valence-corrected chi connectivity index (χ4v) is 3.64. The highest BCUT2D eigenvalue weighted by molar-refractivity contribution is 8.00. The van der Waals surface area contributed by atoms with Gasteiger partial charge in [0, 0.05) is 23.6 Å². The highest BCUT2D eigenvalue weighted by Crippen LogP contribution is 2.31. The number of aromatic nitrogens is 3. The Kier molecular flexibility index (Phi) is 5.45. The molecule has 0 spiro atoms. The summed E-state index contributed by atoms with van der Waals surface area (Å²) in [5.74, 6) is -0.430. The Morgan fingerprint density at radius 3 is 2.63 bits per heavy atom. The number of amides is 1. The van der Waals surface area contributed by atoms with Crippen molar-refractivity contribution in [2.24, 2.45) is 0 Å². The summed E-state index contributed by atoms with van der Waals surface area (Å²) in [4.78, 5) is 16.6. The number of halogens is 3. The molecule has 1 amide bonds. The molecular formula is C21H15F3N4OS. The van der Waals surface area contributed by atoms with Crippen LogP contribution in [0.1, 0.15) is 5.56 Å². The van der Waals surface area contributed by atoms with Gasteiger partial charge in [0.15, 0.2) is 0 Å². The number of anilines is 1. The molecule has 4 aromatic rings. The van der Waals surface area contributed by atoms with Crippen molar-refractivity contribution in [2.75, 3.05) is 11.1 Å². The topological polar surface area (TPSA) is 59.3 Å². The fourth-order valence-electron chi connectivity index (χ4n) is 2.86. The number of thioether (sulfide) groups is 1. The molecule has 0 aliphatic carbocycles. The maximum atomic E-state index is 12.8. The molecule has 152 valence electrons. The maximum Gasteiger partial charge on any atom is 0.416 e. The molecule has 5 nitrogen and oxygen atoms in total. The Morgan fingerprint density at radius 1 is 1.07 bits per heavy atom. The minimum atomic E-state index is -4.46. The van der Waals surface area contributed by atoms with Crippen LogP contribution in [0.15, 0.2) is 78.1 Å². The zero-order valence-electron chi connectivity index (χ0n) is 15.4. The first kappa shape index (κ1) is 20.0. The Bertz CT molecular complexity index is 1190. The second-order valence-electron chi connectivity index (χ2n) is 6.37. The Balaban J connectivity index is 1.47. The van der Waals surface area contributed by atoms with Crippen LogP contribution in [0.5, 0.6) is 0 Å². The van der Waals surface area contributed by atoms with Gasteiger partial charge in [-0.05, 0) is 24.3 Å². The molecule has 2 aromatic carbocycles. The third-order valence-electron chi connectivity index (χ3n) is 4.24. The molecule has 0 unspecified atom stereocenters. The molecule has 2 heterocycles. The van der Waals surface area contributed by atoms with Gasteiger partial charge < -0.3 is 5.32 Å². The summed E-state index contributed by atoms with van der Waals surface area (Å²) < 4.78 is 40.1. The van der Waals surface area contributed by atoms with Crippen LogP contribution >= 0.6 is 11.8 Å². The van der Waals surface area contributed by atoms with Crippen molar-refractivity contribution < 1.29 is 18.0 Å². The van der Waals surface area contributed by atoms with Crippen molar-refractivity contribution in [2.45, 2.75) is 11.2 Å². The van der Waals surface area contributed by atoms with Crippen LogP contribution in [0.4, 0.5) is 18.9 Å². The lowest BCUT2D eigenvalue weighted by Gasteiger charge is -2.09. The van der Waals surface area contributed by atoms with E-state index in [1.807, 2.05) is 36.4 Å². The van der Waals surface area contributed by atoms with Gasteiger partial charge in [-0.15, -0.1) is 0 Å². The Labute approximate surface area is 173 Å². The number of alkyl halides is 3. The third kappa shape index (κ3) is 4.46. The molecule has 0 saturated carbocycles. The summed E-state index contributed by atoms with van der Waals surface area (Å²) in [5, 5.41) is 7.62. The van der Waals surface area contributed by atoms with E-state index in [1.165, 1.54) is 23.9 Å². The van der Waals surface area contributed by atoms with Crippen LogP contribution in [0, 0.1) is 0 Å². The predicted molar refractivity (Wildman–Crippen MR) is 109 cm³/mol. The lowest BCUT2D eigenvalue weighted by atomic mass is 10.1. The highest BCUT2D eigenvalue weighted by atomic mass is 32.2. The lowest BCUT2D eigenvalue weighted by Crippen LogP contribution is -2.15. The second-order valence-corrected chi connectivity index (χ2v) is 7.34. The number of nitrogens with one attached hydrogen (secondary N) is 1. The van der Waals surface area contributed by atoms with E-state index in [-0.39, 0.29) is 11.4 Å². The molecule has 0 radical (unpaired) electrons. The quantitative estimate of drug-likeness (QED) is 0.447. The molecular weight excluding hydrogens is 413 g/mol. The molecule has 0 aliphatic heterocycles. The van der Waals surface area contributed by atoms with Gasteiger partial charge in [-0.2, -0.15) is 18.3 Å². The van der Waals surface area contributed by atoms with Gasteiger partial charge >= 0.3 is 6.18 Å². The number of carbonyl (C=O) groups excluding carboxylic acids is 1. The van der Waals surface area contributed by atoms with Crippen molar-refractivity contribution in [3.05, 3.63) is 78.6 Å². The first-order valence-corrected chi connectivity index (χ1v) is 9.88. The third-order valence-corrected chi connectivity index (χ3v) is 5.23. The van der Waals surface area contributed by atoms with Gasteiger partial charge in [-0.1, -0.05) is 48.2 Å². The predicted octanol–water partition coefficient (Wildman–Crippen LogP) is 5.15. The van der Waals surface area contributed by atoms with Crippen molar-refractivity contribution >= 4 is 28.9 Å². The molecule has 0 bridgehead atoms. The van der Waals surface area contributed by atoms with E-state index in [2.05, 4.69) is 15.4 Å². The van der Waals surface area contributed by atoms with Crippen LogP contribution < -0.4 is 5.32 Å². The van der Waals surface area contributed by atoms with Crippen molar-refractivity contribution in [1.82, 2.24) is 14.6 Å². The molecule has 4 rings (SSSR count). The van der Waals surface area contributed by atoms with Crippen LogP contribution in [0.25, 0.3) is 16.8 Å². The van der Waals surface area contributed by atoms with Crippen molar-refractivity contribution in [3.8, 4) is 11.3 Å². The molecule has 0 aliphatic rings. The van der Waals surface area contributed by atoms with Crippen molar-refractivity contribution in [3.63, 3.8) is 0 Å². The average molecular weight is 428 g/mol. The van der Waals surface area contributed by atoms with E-state index in [1.54, 1.807) is 16.9 Å². The van der Waals surface area contributed by atoms with Crippen LogP contribution in [-0.2, 0) is 11.0 Å². The summed E-state index contributed by atoms with van der Waals surface area (Å²) in [6.07, 6.45) is -1.16. The van der Waals surface area contributed by atoms with Gasteiger partial charge in [0.25, 0.3) is 0 Å². The molecule has 0 atom stereocenters. The van der Waals surface area contributed by atoms with Crippen LogP contribution in [0.3, 0.4) is 0 Å². The molecule has 0 fully saturated rings. The number of benzene rings is 2. The largest absolute Gasteiger partial charge is 0.416 e. The first-order valence-electron chi connectivity index (χ1n) is 8.90. The maximum absolute atomic E-state index is 12.8. The minimum Gasteiger partial charge on any atom is -0.325 e. The summed E-state index contributed by atoms with van der Waals surface area (Å²) in [7, 11) is 0. The molecule has 9 heteroatoms. The first-order chi connectivity index (χ1) is 14.4. The second kappa shape index (κ2) is 8.19. The van der Waals surface area contributed by atoms with Crippen LogP contribution in [-0.4, -0.2) is 26.3 Å². The van der Waals surface area contributed by atoms with Gasteiger partial charge in [-0.3, -0.25) is 4.79 Å².